The van der Waals surface area contributed by atoms with Crippen LogP contribution in [0.1, 0.15) is 22.3 Å². The van der Waals surface area contributed by atoms with Crippen molar-refractivity contribution < 1.29 is 4.42 Å². The van der Waals surface area contributed by atoms with Gasteiger partial charge in [-0.2, -0.15) is 0 Å². The first-order chi connectivity index (χ1) is 30.3. The average Bonchev–Trinajstić information content (AvgIpc) is 3.98. The van der Waals surface area contributed by atoms with Crippen LogP contribution in [-0.4, -0.2) is 0 Å². The van der Waals surface area contributed by atoms with Crippen molar-refractivity contribution in [3.8, 4) is 44.5 Å². The molecule has 2 heteroatoms. The van der Waals surface area contributed by atoms with E-state index in [1.54, 1.807) is 0 Å². The van der Waals surface area contributed by atoms with Gasteiger partial charge in [0.2, 0.25) is 0 Å². The monoisotopic (exact) mass is 775 g/mol. The van der Waals surface area contributed by atoms with Gasteiger partial charge in [0.05, 0.1) is 16.8 Å². The smallest absolute Gasteiger partial charge is 0.159 e. The summed E-state index contributed by atoms with van der Waals surface area (Å²) in [6, 6.07) is 82.1. The highest BCUT2D eigenvalue weighted by atomic mass is 16.3. The van der Waals surface area contributed by atoms with Crippen molar-refractivity contribution in [3.05, 3.63) is 247 Å². The number of furan rings is 1. The van der Waals surface area contributed by atoms with Crippen LogP contribution in [0.4, 0.5) is 17.1 Å². The van der Waals surface area contributed by atoms with E-state index in [4.69, 9.17) is 4.42 Å². The van der Waals surface area contributed by atoms with E-state index in [0.29, 0.717) is 0 Å². The van der Waals surface area contributed by atoms with Crippen molar-refractivity contribution in [2.24, 2.45) is 0 Å². The Kier molecular flexibility index (Phi) is 7.26. The Bertz CT molecular complexity index is 3480. The third-order valence-corrected chi connectivity index (χ3v) is 13.3. The van der Waals surface area contributed by atoms with Gasteiger partial charge in [0, 0.05) is 22.0 Å². The van der Waals surface area contributed by atoms with Crippen molar-refractivity contribution in [1.82, 2.24) is 0 Å². The van der Waals surface area contributed by atoms with Gasteiger partial charge in [-0.25, -0.2) is 0 Å². The molecule has 0 amide bonds. The van der Waals surface area contributed by atoms with Gasteiger partial charge in [-0.3, -0.25) is 0 Å². The van der Waals surface area contributed by atoms with Gasteiger partial charge in [0.1, 0.15) is 5.58 Å². The Morgan fingerprint density at radius 3 is 1.56 bits per heavy atom. The fraction of sp³-hybridized carbons (Fsp3) is 0.0169. The van der Waals surface area contributed by atoms with E-state index in [2.05, 4.69) is 229 Å². The lowest BCUT2D eigenvalue weighted by molar-refractivity contribution is 0.669. The summed E-state index contributed by atoms with van der Waals surface area (Å²) in [5.74, 6) is 0. The van der Waals surface area contributed by atoms with Gasteiger partial charge in [-0.1, -0.05) is 194 Å². The molecule has 0 atom stereocenters. The summed E-state index contributed by atoms with van der Waals surface area (Å²) in [4.78, 5) is 2.44. The van der Waals surface area contributed by atoms with Crippen LogP contribution in [0.15, 0.2) is 229 Å². The van der Waals surface area contributed by atoms with E-state index in [0.717, 1.165) is 39.0 Å². The number of nitrogens with zero attached hydrogens (tertiary/aromatic N) is 1. The van der Waals surface area contributed by atoms with Crippen molar-refractivity contribution in [2.75, 3.05) is 4.90 Å². The Labute approximate surface area is 354 Å². The molecule has 0 N–H and O–H groups in total. The number of fused-ring (bicyclic) bond motifs is 15. The maximum Gasteiger partial charge on any atom is 0.159 e. The second kappa shape index (κ2) is 13.0. The molecule has 0 unspecified atom stereocenters. The highest BCUT2D eigenvalue weighted by Crippen LogP contribution is 2.64. The predicted octanol–water partition coefficient (Wildman–Crippen LogP) is 15.9. The number of benzene rings is 10. The fourth-order valence-corrected chi connectivity index (χ4v) is 10.7. The number of hydrogen-bond acceptors (Lipinski definition) is 2. The molecule has 2 aliphatic rings. The number of hydrogen-bond donors (Lipinski definition) is 0. The van der Waals surface area contributed by atoms with Gasteiger partial charge in [0.25, 0.3) is 0 Å². The minimum absolute atomic E-state index is 0.457. The molecule has 0 saturated heterocycles. The second-order valence-electron chi connectivity index (χ2n) is 16.3. The van der Waals surface area contributed by atoms with Crippen molar-refractivity contribution in [2.45, 2.75) is 5.41 Å². The van der Waals surface area contributed by atoms with E-state index < -0.39 is 5.41 Å². The molecule has 10 aromatic carbocycles. The Balaban J connectivity index is 1.06. The normalized spacial score (nSPS) is 13.0. The summed E-state index contributed by atoms with van der Waals surface area (Å²) in [5.41, 5.74) is 19.6. The highest BCUT2D eigenvalue weighted by Gasteiger charge is 2.52. The van der Waals surface area contributed by atoms with Gasteiger partial charge >= 0.3 is 0 Å². The molecule has 284 valence electrons. The van der Waals surface area contributed by atoms with Crippen molar-refractivity contribution in [3.63, 3.8) is 0 Å². The molecule has 0 bridgehead atoms. The van der Waals surface area contributed by atoms with Gasteiger partial charge < -0.3 is 9.32 Å². The number of anilines is 3. The van der Waals surface area contributed by atoms with Gasteiger partial charge in [-0.05, 0) is 102 Å². The molecule has 0 fully saturated rings. The molecular formula is C59H37NO. The zero-order valence-electron chi connectivity index (χ0n) is 33.2. The van der Waals surface area contributed by atoms with Gasteiger partial charge in [-0.15, -0.1) is 0 Å². The molecule has 13 rings (SSSR count). The molecule has 0 radical (unpaired) electrons. The first kappa shape index (κ1) is 34.0. The largest absolute Gasteiger partial charge is 0.454 e. The maximum absolute atomic E-state index is 6.99. The van der Waals surface area contributed by atoms with Crippen LogP contribution in [0, 0.1) is 0 Å². The molecule has 0 aliphatic heterocycles. The topological polar surface area (TPSA) is 16.4 Å². The van der Waals surface area contributed by atoms with Crippen LogP contribution >= 0.6 is 0 Å². The van der Waals surface area contributed by atoms with Crippen LogP contribution in [0.5, 0.6) is 0 Å². The fourth-order valence-electron chi connectivity index (χ4n) is 10.7. The molecule has 1 heterocycles. The number of rotatable bonds is 5. The van der Waals surface area contributed by atoms with Crippen molar-refractivity contribution >= 4 is 49.8 Å². The molecule has 61 heavy (non-hydrogen) atoms. The Morgan fingerprint density at radius 1 is 0.344 bits per heavy atom. The molecular weight excluding hydrogens is 739 g/mol. The summed E-state index contributed by atoms with van der Waals surface area (Å²) in [5, 5.41) is 4.64. The predicted molar refractivity (Wildman–Crippen MR) is 253 cm³/mol. The van der Waals surface area contributed by atoms with Gasteiger partial charge in [0.15, 0.2) is 5.58 Å². The molecule has 11 aromatic rings. The SMILES string of the molecule is c1ccc(-c2ccc(-c3ccc(N(c4cccc5c4-c4ccccc4C54c5ccccc5-c5ccccc54)c4cccc5c4oc4ccc6ccccc6c45)cc3)cc2)cc1. The number of para-hydroxylation sites is 1. The lowest BCUT2D eigenvalue weighted by Crippen LogP contribution is -2.26. The first-order valence-electron chi connectivity index (χ1n) is 21.1. The second-order valence-corrected chi connectivity index (χ2v) is 16.3. The van der Waals surface area contributed by atoms with Crippen LogP contribution in [0.25, 0.3) is 77.2 Å². The zero-order chi connectivity index (χ0) is 40.1. The quantitative estimate of drug-likeness (QED) is 0.173. The standard InChI is InChI=1S/C59H37NO/c1-2-14-38(15-3-1)39-28-30-40(31-29-39)41-32-35-43(36-33-41)60(54-27-12-21-48-56-44-17-5-4-16-42(44)34-37-55(56)61-58(48)54)53-26-13-25-52-57(53)47-20-8-11-24-51(47)59(52)49-22-9-6-18-45(49)46-19-7-10-23-50(46)59/h1-37H. The summed E-state index contributed by atoms with van der Waals surface area (Å²) in [6.07, 6.45) is 0. The Morgan fingerprint density at radius 2 is 0.852 bits per heavy atom. The van der Waals surface area contributed by atoms with E-state index in [-0.39, 0.29) is 0 Å². The molecule has 1 aromatic heterocycles. The van der Waals surface area contributed by atoms with Crippen molar-refractivity contribution in [1.29, 1.82) is 0 Å². The lowest BCUT2D eigenvalue weighted by atomic mass is 9.70. The molecule has 2 nitrogen and oxygen atoms in total. The van der Waals surface area contributed by atoms with E-state index in [9.17, 15) is 0 Å². The van der Waals surface area contributed by atoms with E-state index in [1.807, 2.05) is 0 Å². The average molecular weight is 776 g/mol. The third-order valence-electron chi connectivity index (χ3n) is 13.3. The summed E-state index contributed by atoms with van der Waals surface area (Å²) in [6.45, 7) is 0. The lowest BCUT2D eigenvalue weighted by Gasteiger charge is -2.31. The summed E-state index contributed by atoms with van der Waals surface area (Å²) < 4.78 is 6.99. The minimum atomic E-state index is -0.457. The van der Waals surface area contributed by atoms with Crippen LogP contribution in [-0.2, 0) is 5.41 Å². The molecule has 2 aliphatic carbocycles. The van der Waals surface area contributed by atoms with Crippen LogP contribution < -0.4 is 4.90 Å². The summed E-state index contributed by atoms with van der Waals surface area (Å²) >= 11 is 0. The highest BCUT2D eigenvalue weighted by molar-refractivity contribution is 6.21. The summed E-state index contributed by atoms with van der Waals surface area (Å²) in [7, 11) is 0. The molecule has 1 spiro atoms. The van der Waals surface area contributed by atoms with Crippen LogP contribution in [0.2, 0.25) is 0 Å². The Hall–Kier alpha value is -7.94. The first-order valence-corrected chi connectivity index (χ1v) is 21.1. The molecule has 0 saturated carbocycles. The van der Waals surface area contributed by atoms with E-state index >= 15 is 0 Å². The minimum Gasteiger partial charge on any atom is -0.454 e. The zero-order valence-corrected chi connectivity index (χ0v) is 33.2. The maximum atomic E-state index is 6.99. The van der Waals surface area contributed by atoms with Crippen LogP contribution in [0.3, 0.4) is 0 Å². The third kappa shape index (κ3) is 4.79. The van der Waals surface area contributed by atoms with E-state index in [1.165, 1.54) is 77.5 Å².